The molecule has 1 saturated heterocycles. The summed E-state index contributed by atoms with van der Waals surface area (Å²) >= 11 is 0. The van der Waals surface area contributed by atoms with Crippen LogP contribution >= 0.6 is 0 Å². The summed E-state index contributed by atoms with van der Waals surface area (Å²) < 4.78 is 0. The van der Waals surface area contributed by atoms with Gasteiger partial charge in [-0.3, -0.25) is 4.90 Å². The molecular formula is C20H22N2O. The Morgan fingerprint density at radius 3 is 2.35 bits per heavy atom. The van der Waals surface area contributed by atoms with Gasteiger partial charge in [0.25, 0.3) is 0 Å². The zero-order valence-electron chi connectivity index (χ0n) is 13.3. The number of benzene rings is 2. The first-order valence-corrected chi connectivity index (χ1v) is 8.52. The number of rotatable bonds is 1. The summed E-state index contributed by atoms with van der Waals surface area (Å²) in [5.41, 5.74) is 3.80. The Balaban J connectivity index is 1.42. The van der Waals surface area contributed by atoms with Crippen molar-refractivity contribution in [3.8, 4) is 0 Å². The van der Waals surface area contributed by atoms with E-state index in [4.69, 9.17) is 0 Å². The molecule has 2 heterocycles. The molecule has 23 heavy (non-hydrogen) atoms. The Bertz CT molecular complexity index is 690. The standard InChI is InChI=1S/C20H22N2O/c23-20(22-15-12-18-8-4-5-9-19(18)22)21-13-10-17(11-14-21)16-6-2-1-3-7-16/h1-9,17H,10-15H2. The molecular weight excluding hydrogens is 284 g/mol. The quantitative estimate of drug-likeness (QED) is 0.779. The second-order valence-corrected chi connectivity index (χ2v) is 6.48. The van der Waals surface area contributed by atoms with Crippen LogP contribution in [-0.4, -0.2) is 30.6 Å². The third kappa shape index (κ3) is 2.72. The molecule has 4 rings (SSSR count). The molecule has 0 N–H and O–H groups in total. The Morgan fingerprint density at radius 1 is 0.870 bits per heavy atom. The average molecular weight is 306 g/mol. The fraction of sp³-hybridized carbons (Fsp3) is 0.350. The molecule has 3 heteroatoms. The SMILES string of the molecule is O=C(N1CCC(c2ccccc2)CC1)N1CCc2ccccc21. The number of hydrogen-bond donors (Lipinski definition) is 0. The highest BCUT2D eigenvalue weighted by Crippen LogP contribution is 2.31. The van der Waals surface area contributed by atoms with Crippen LogP contribution in [0.2, 0.25) is 0 Å². The maximum absolute atomic E-state index is 12.9. The highest BCUT2D eigenvalue weighted by atomic mass is 16.2. The van der Waals surface area contributed by atoms with Crippen LogP contribution in [0.15, 0.2) is 54.6 Å². The largest absolute Gasteiger partial charge is 0.324 e. The summed E-state index contributed by atoms with van der Waals surface area (Å²) in [7, 11) is 0. The van der Waals surface area contributed by atoms with Gasteiger partial charge in [0, 0.05) is 25.3 Å². The van der Waals surface area contributed by atoms with Crippen molar-refractivity contribution in [2.45, 2.75) is 25.2 Å². The lowest BCUT2D eigenvalue weighted by atomic mass is 9.89. The predicted octanol–water partition coefficient (Wildman–Crippen LogP) is 4.05. The molecule has 0 aliphatic carbocycles. The van der Waals surface area contributed by atoms with Gasteiger partial charge >= 0.3 is 6.03 Å². The average Bonchev–Trinajstić information content (AvgIpc) is 3.06. The van der Waals surface area contributed by atoms with Gasteiger partial charge in [-0.2, -0.15) is 0 Å². The number of piperidine rings is 1. The summed E-state index contributed by atoms with van der Waals surface area (Å²) in [4.78, 5) is 16.8. The van der Waals surface area contributed by atoms with Crippen LogP contribution < -0.4 is 4.90 Å². The highest BCUT2D eigenvalue weighted by molar-refractivity contribution is 5.94. The number of amides is 2. The lowest BCUT2D eigenvalue weighted by molar-refractivity contribution is 0.188. The molecule has 2 amide bonds. The van der Waals surface area contributed by atoms with Crippen molar-refractivity contribution in [1.82, 2.24) is 4.90 Å². The number of fused-ring (bicyclic) bond motifs is 1. The summed E-state index contributed by atoms with van der Waals surface area (Å²) in [6.07, 6.45) is 3.10. The molecule has 2 aliphatic heterocycles. The van der Waals surface area contributed by atoms with E-state index in [1.165, 1.54) is 11.1 Å². The molecule has 1 fully saturated rings. The molecule has 0 saturated carbocycles. The number of urea groups is 1. The van der Waals surface area contributed by atoms with Crippen LogP contribution in [-0.2, 0) is 6.42 Å². The molecule has 0 bridgehead atoms. The Labute approximate surface area is 137 Å². The second-order valence-electron chi connectivity index (χ2n) is 6.48. The second kappa shape index (κ2) is 6.07. The molecule has 2 aromatic carbocycles. The number of anilines is 1. The van der Waals surface area contributed by atoms with E-state index in [1.807, 2.05) is 15.9 Å². The molecule has 2 aliphatic rings. The van der Waals surface area contributed by atoms with E-state index < -0.39 is 0 Å². The Morgan fingerprint density at radius 2 is 1.57 bits per heavy atom. The van der Waals surface area contributed by atoms with Crippen LogP contribution in [0.25, 0.3) is 0 Å². The number of carbonyl (C=O) groups is 1. The third-order valence-corrected chi connectivity index (χ3v) is 5.15. The fourth-order valence-electron chi connectivity index (χ4n) is 3.84. The number of carbonyl (C=O) groups excluding carboxylic acids is 1. The number of nitrogens with zero attached hydrogens (tertiary/aromatic N) is 2. The third-order valence-electron chi connectivity index (χ3n) is 5.15. The zero-order valence-corrected chi connectivity index (χ0v) is 13.3. The van der Waals surface area contributed by atoms with Crippen LogP contribution in [0, 0.1) is 0 Å². The van der Waals surface area contributed by atoms with Gasteiger partial charge in [-0.05, 0) is 42.4 Å². The summed E-state index contributed by atoms with van der Waals surface area (Å²) in [6, 6.07) is 19.1. The molecule has 0 atom stereocenters. The number of hydrogen-bond acceptors (Lipinski definition) is 1. The van der Waals surface area contributed by atoms with Gasteiger partial charge in [0.15, 0.2) is 0 Å². The first-order chi connectivity index (χ1) is 11.3. The number of para-hydroxylation sites is 1. The molecule has 0 spiro atoms. The molecule has 0 unspecified atom stereocenters. The van der Waals surface area contributed by atoms with Gasteiger partial charge in [0.1, 0.15) is 0 Å². The molecule has 0 aromatic heterocycles. The lowest BCUT2D eigenvalue weighted by Gasteiger charge is -2.35. The van der Waals surface area contributed by atoms with Crippen molar-refractivity contribution in [1.29, 1.82) is 0 Å². The van der Waals surface area contributed by atoms with Crippen LogP contribution in [0.3, 0.4) is 0 Å². The van der Waals surface area contributed by atoms with E-state index in [1.54, 1.807) is 0 Å². The van der Waals surface area contributed by atoms with Gasteiger partial charge in [-0.25, -0.2) is 4.79 Å². The molecule has 3 nitrogen and oxygen atoms in total. The Kier molecular flexibility index (Phi) is 3.78. The van der Waals surface area contributed by atoms with E-state index in [0.717, 1.165) is 44.6 Å². The van der Waals surface area contributed by atoms with Gasteiger partial charge in [-0.1, -0.05) is 48.5 Å². The summed E-state index contributed by atoms with van der Waals surface area (Å²) in [5, 5.41) is 0. The van der Waals surface area contributed by atoms with Crippen molar-refractivity contribution in [3.05, 3.63) is 65.7 Å². The van der Waals surface area contributed by atoms with Gasteiger partial charge in [0.2, 0.25) is 0 Å². The maximum Gasteiger partial charge on any atom is 0.324 e. The van der Waals surface area contributed by atoms with Crippen molar-refractivity contribution >= 4 is 11.7 Å². The summed E-state index contributed by atoms with van der Waals surface area (Å²) in [5.74, 6) is 0.589. The molecule has 2 aromatic rings. The van der Waals surface area contributed by atoms with Gasteiger partial charge < -0.3 is 4.90 Å². The van der Waals surface area contributed by atoms with Crippen LogP contribution in [0.1, 0.15) is 29.9 Å². The van der Waals surface area contributed by atoms with E-state index in [-0.39, 0.29) is 6.03 Å². The van der Waals surface area contributed by atoms with Gasteiger partial charge in [0.05, 0.1) is 0 Å². The van der Waals surface area contributed by atoms with Gasteiger partial charge in [-0.15, -0.1) is 0 Å². The lowest BCUT2D eigenvalue weighted by Crippen LogP contribution is -2.46. The first-order valence-electron chi connectivity index (χ1n) is 8.52. The van der Waals surface area contributed by atoms with E-state index >= 15 is 0 Å². The molecule has 0 radical (unpaired) electrons. The van der Waals surface area contributed by atoms with Crippen molar-refractivity contribution < 1.29 is 4.79 Å². The first kappa shape index (κ1) is 14.3. The van der Waals surface area contributed by atoms with Crippen LogP contribution in [0.5, 0.6) is 0 Å². The minimum absolute atomic E-state index is 0.182. The van der Waals surface area contributed by atoms with E-state index in [0.29, 0.717) is 5.92 Å². The minimum atomic E-state index is 0.182. The normalized spacial score (nSPS) is 18.1. The summed E-state index contributed by atoms with van der Waals surface area (Å²) in [6.45, 7) is 2.53. The van der Waals surface area contributed by atoms with Crippen molar-refractivity contribution in [3.63, 3.8) is 0 Å². The zero-order chi connectivity index (χ0) is 15.6. The van der Waals surface area contributed by atoms with Crippen molar-refractivity contribution in [2.24, 2.45) is 0 Å². The number of likely N-dealkylation sites (tertiary alicyclic amines) is 1. The minimum Gasteiger partial charge on any atom is -0.324 e. The predicted molar refractivity (Wildman–Crippen MR) is 92.9 cm³/mol. The van der Waals surface area contributed by atoms with Crippen molar-refractivity contribution in [2.75, 3.05) is 24.5 Å². The Hall–Kier alpha value is -2.29. The topological polar surface area (TPSA) is 23.6 Å². The monoisotopic (exact) mass is 306 g/mol. The van der Waals surface area contributed by atoms with E-state index in [2.05, 4.69) is 48.5 Å². The molecule has 118 valence electrons. The smallest absolute Gasteiger partial charge is 0.324 e. The van der Waals surface area contributed by atoms with Crippen LogP contribution in [0.4, 0.5) is 10.5 Å². The highest BCUT2D eigenvalue weighted by Gasteiger charge is 2.30. The van der Waals surface area contributed by atoms with E-state index in [9.17, 15) is 4.79 Å². The fourth-order valence-corrected chi connectivity index (χ4v) is 3.84. The maximum atomic E-state index is 12.9.